The van der Waals surface area contributed by atoms with Crippen molar-refractivity contribution in [1.82, 2.24) is 15.1 Å². The zero-order chi connectivity index (χ0) is 13.9. The van der Waals surface area contributed by atoms with Crippen molar-refractivity contribution in [2.75, 3.05) is 13.1 Å². The molecule has 2 heterocycles. The molecule has 1 aromatic heterocycles. The van der Waals surface area contributed by atoms with Crippen LogP contribution in [0.25, 0.3) is 0 Å². The molecule has 1 atom stereocenters. The Morgan fingerprint density at radius 2 is 2.37 bits per heavy atom. The summed E-state index contributed by atoms with van der Waals surface area (Å²) in [4.78, 5) is 12.5. The predicted molar refractivity (Wildman–Crippen MR) is 75.9 cm³/mol. The van der Waals surface area contributed by atoms with E-state index in [1.165, 1.54) is 12.8 Å². The van der Waals surface area contributed by atoms with E-state index in [1.807, 2.05) is 19.4 Å². The quantitative estimate of drug-likeness (QED) is 0.883. The van der Waals surface area contributed by atoms with Gasteiger partial charge < -0.3 is 5.32 Å². The van der Waals surface area contributed by atoms with Gasteiger partial charge in [-0.05, 0) is 43.8 Å². The molecule has 0 aliphatic carbocycles. The second-order valence-electron chi connectivity index (χ2n) is 6.21. The van der Waals surface area contributed by atoms with Crippen LogP contribution in [0.2, 0.25) is 0 Å². The van der Waals surface area contributed by atoms with E-state index in [2.05, 4.69) is 24.3 Å². The van der Waals surface area contributed by atoms with Gasteiger partial charge in [0.2, 0.25) is 0 Å². The van der Waals surface area contributed by atoms with E-state index in [1.54, 1.807) is 4.68 Å². The van der Waals surface area contributed by atoms with E-state index in [9.17, 15) is 4.79 Å². The number of rotatable bonds is 5. The standard InChI is InChI=1S/C15H25N3O/c1-15(2,13-5-4-8-16-10-13)14(19)7-6-12-9-17-18(3)11-12/h9,11,13,16H,4-8,10H2,1-3H3. The number of aromatic nitrogens is 2. The molecule has 1 saturated heterocycles. The summed E-state index contributed by atoms with van der Waals surface area (Å²) < 4.78 is 1.79. The van der Waals surface area contributed by atoms with Crippen molar-refractivity contribution in [1.29, 1.82) is 0 Å². The number of nitrogens with one attached hydrogen (secondary N) is 1. The van der Waals surface area contributed by atoms with Crippen LogP contribution in [-0.2, 0) is 18.3 Å². The van der Waals surface area contributed by atoms with E-state index in [4.69, 9.17) is 0 Å². The molecule has 4 heteroatoms. The lowest BCUT2D eigenvalue weighted by atomic mass is 9.71. The molecular weight excluding hydrogens is 238 g/mol. The molecule has 1 aliphatic heterocycles. The van der Waals surface area contributed by atoms with Crippen molar-refractivity contribution in [2.24, 2.45) is 18.4 Å². The minimum Gasteiger partial charge on any atom is -0.316 e. The maximum Gasteiger partial charge on any atom is 0.139 e. The van der Waals surface area contributed by atoms with Gasteiger partial charge in [0.25, 0.3) is 0 Å². The third-order valence-corrected chi connectivity index (χ3v) is 4.44. The highest BCUT2D eigenvalue weighted by atomic mass is 16.1. The maximum absolute atomic E-state index is 12.5. The number of nitrogens with zero attached hydrogens (tertiary/aromatic N) is 2. The van der Waals surface area contributed by atoms with Crippen LogP contribution in [0, 0.1) is 11.3 Å². The summed E-state index contributed by atoms with van der Waals surface area (Å²) in [7, 11) is 1.91. The Labute approximate surface area is 115 Å². The molecule has 0 amide bonds. The summed E-state index contributed by atoms with van der Waals surface area (Å²) in [6, 6.07) is 0. The first-order valence-corrected chi connectivity index (χ1v) is 7.21. The van der Waals surface area contributed by atoms with Crippen LogP contribution in [0.1, 0.15) is 38.7 Å². The fourth-order valence-corrected chi connectivity index (χ4v) is 2.88. The summed E-state index contributed by atoms with van der Waals surface area (Å²) in [5.74, 6) is 0.854. The molecule has 1 N–H and O–H groups in total. The van der Waals surface area contributed by atoms with Crippen molar-refractivity contribution in [2.45, 2.75) is 39.5 Å². The van der Waals surface area contributed by atoms with Gasteiger partial charge in [-0.3, -0.25) is 9.48 Å². The topological polar surface area (TPSA) is 46.9 Å². The van der Waals surface area contributed by atoms with E-state index >= 15 is 0 Å². The van der Waals surface area contributed by atoms with Gasteiger partial charge in [0.1, 0.15) is 5.78 Å². The summed E-state index contributed by atoms with van der Waals surface area (Å²) >= 11 is 0. The lowest BCUT2D eigenvalue weighted by molar-refractivity contribution is -0.130. The van der Waals surface area contributed by atoms with Crippen molar-refractivity contribution >= 4 is 5.78 Å². The minimum atomic E-state index is -0.213. The van der Waals surface area contributed by atoms with Crippen LogP contribution in [0.5, 0.6) is 0 Å². The van der Waals surface area contributed by atoms with Gasteiger partial charge in [0.15, 0.2) is 0 Å². The number of piperidine rings is 1. The molecule has 0 aromatic carbocycles. The number of hydrogen-bond acceptors (Lipinski definition) is 3. The Balaban J connectivity index is 1.90. The van der Waals surface area contributed by atoms with Gasteiger partial charge in [-0.2, -0.15) is 5.10 Å². The lowest BCUT2D eigenvalue weighted by Gasteiger charge is -2.36. The molecule has 0 bridgehead atoms. The molecular formula is C15H25N3O. The average molecular weight is 263 g/mol. The zero-order valence-electron chi connectivity index (χ0n) is 12.3. The summed E-state index contributed by atoms with van der Waals surface area (Å²) in [6.07, 6.45) is 7.61. The van der Waals surface area contributed by atoms with Crippen LogP contribution in [0.3, 0.4) is 0 Å². The van der Waals surface area contributed by atoms with Crippen molar-refractivity contribution in [3.05, 3.63) is 18.0 Å². The van der Waals surface area contributed by atoms with E-state index in [0.29, 0.717) is 18.1 Å². The number of aryl methyl sites for hydroxylation is 2. The molecule has 0 radical (unpaired) electrons. The lowest BCUT2D eigenvalue weighted by Crippen LogP contribution is -2.42. The normalized spacial score (nSPS) is 20.5. The Morgan fingerprint density at radius 1 is 1.58 bits per heavy atom. The van der Waals surface area contributed by atoms with Crippen molar-refractivity contribution in [3.63, 3.8) is 0 Å². The molecule has 0 saturated carbocycles. The zero-order valence-corrected chi connectivity index (χ0v) is 12.3. The number of carbonyl (C=O) groups is 1. The highest BCUT2D eigenvalue weighted by molar-refractivity contribution is 5.84. The monoisotopic (exact) mass is 263 g/mol. The maximum atomic E-state index is 12.5. The third-order valence-electron chi connectivity index (χ3n) is 4.44. The second kappa shape index (κ2) is 5.87. The van der Waals surface area contributed by atoms with Gasteiger partial charge in [0.05, 0.1) is 6.20 Å². The van der Waals surface area contributed by atoms with Crippen LogP contribution < -0.4 is 5.32 Å². The van der Waals surface area contributed by atoms with Crippen molar-refractivity contribution in [3.8, 4) is 0 Å². The first-order chi connectivity index (χ1) is 9.00. The van der Waals surface area contributed by atoms with E-state index < -0.39 is 0 Å². The Hall–Kier alpha value is -1.16. The Morgan fingerprint density at radius 3 is 2.95 bits per heavy atom. The van der Waals surface area contributed by atoms with Crippen LogP contribution >= 0.6 is 0 Å². The van der Waals surface area contributed by atoms with Gasteiger partial charge in [-0.25, -0.2) is 0 Å². The second-order valence-corrected chi connectivity index (χ2v) is 6.21. The molecule has 1 aromatic rings. The highest BCUT2D eigenvalue weighted by Crippen LogP contribution is 2.33. The number of hydrogen-bond donors (Lipinski definition) is 1. The Bertz CT molecular complexity index is 430. The van der Waals surface area contributed by atoms with Gasteiger partial charge >= 0.3 is 0 Å². The van der Waals surface area contributed by atoms with E-state index in [-0.39, 0.29) is 5.41 Å². The highest BCUT2D eigenvalue weighted by Gasteiger charge is 2.36. The van der Waals surface area contributed by atoms with Gasteiger partial charge in [0, 0.05) is 25.1 Å². The third kappa shape index (κ3) is 3.44. The molecule has 1 fully saturated rings. The summed E-state index contributed by atoms with van der Waals surface area (Å²) in [5.41, 5.74) is 0.934. The Kier molecular flexibility index (Phi) is 4.40. The molecule has 0 spiro atoms. The first kappa shape index (κ1) is 14.3. The molecule has 1 unspecified atom stereocenters. The summed E-state index contributed by atoms with van der Waals surface area (Å²) in [5, 5.41) is 7.55. The summed E-state index contributed by atoms with van der Waals surface area (Å²) in [6.45, 7) is 6.29. The van der Waals surface area contributed by atoms with Crippen LogP contribution in [0.15, 0.2) is 12.4 Å². The van der Waals surface area contributed by atoms with Gasteiger partial charge in [-0.1, -0.05) is 13.8 Å². The predicted octanol–water partition coefficient (Wildman–Crippen LogP) is 1.95. The molecule has 106 valence electrons. The van der Waals surface area contributed by atoms with Gasteiger partial charge in [-0.15, -0.1) is 0 Å². The smallest absolute Gasteiger partial charge is 0.139 e. The minimum absolute atomic E-state index is 0.213. The number of carbonyl (C=O) groups excluding carboxylic acids is 1. The first-order valence-electron chi connectivity index (χ1n) is 7.21. The molecule has 4 nitrogen and oxygen atoms in total. The number of ketones is 1. The average Bonchev–Trinajstić information content (AvgIpc) is 2.82. The van der Waals surface area contributed by atoms with Crippen molar-refractivity contribution < 1.29 is 4.79 Å². The van der Waals surface area contributed by atoms with Crippen LogP contribution in [0.4, 0.5) is 0 Å². The van der Waals surface area contributed by atoms with E-state index in [0.717, 1.165) is 25.1 Å². The number of Topliss-reactive ketones (excluding diaryl/α,β-unsaturated/α-hetero) is 1. The molecule has 19 heavy (non-hydrogen) atoms. The van der Waals surface area contributed by atoms with Crippen LogP contribution in [-0.4, -0.2) is 28.7 Å². The molecule has 2 rings (SSSR count). The SMILES string of the molecule is Cn1cc(CCC(=O)C(C)(C)C2CCCNC2)cn1. The molecule has 1 aliphatic rings. The largest absolute Gasteiger partial charge is 0.316 e. The fraction of sp³-hybridized carbons (Fsp3) is 0.733. The fourth-order valence-electron chi connectivity index (χ4n) is 2.88.